The molecule has 0 aliphatic carbocycles. The molecule has 42 heavy (non-hydrogen) atoms. The number of fused-ring (bicyclic) bond motifs is 3. The van der Waals surface area contributed by atoms with Gasteiger partial charge in [-0.1, -0.05) is 54.6 Å². The molecule has 3 aromatic carbocycles. The highest BCUT2D eigenvalue weighted by molar-refractivity contribution is 5.99. The van der Waals surface area contributed by atoms with Crippen molar-refractivity contribution in [3.63, 3.8) is 0 Å². The van der Waals surface area contributed by atoms with E-state index in [9.17, 15) is 18.3 Å². The summed E-state index contributed by atoms with van der Waals surface area (Å²) in [7, 11) is 1.67. The maximum absolute atomic E-state index is 13.7. The van der Waals surface area contributed by atoms with Crippen LogP contribution in [-0.2, 0) is 44.4 Å². The van der Waals surface area contributed by atoms with Gasteiger partial charge in [0, 0.05) is 47.8 Å². The smallest absolute Gasteiger partial charge is 0.394 e. The number of nitrogens with zero attached hydrogens (tertiary/aromatic N) is 3. The molecule has 1 N–H and O–H groups in total. The van der Waals surface area contributed by atoms with E-state index in [1.165, 1.54) is 4.68 Å². The fourth-order valence-electron chi connectivity index (χ4n) is 6.24. The van der Waals surface area contributed by atoms with Crippen molar-refractivity contribution < 1.29 is 27.8 Å². The molecule has 0 radical (unpaired) electrons. The lowest BCUT2D eigenvalue weighted by molar-refractivity contribution is -0.127. The predicted molar refractivity (Wildman–Crippen MR) is 156 cm³/mol. The summed E-state index contributed by atoms with van der Waals surface area (Å²) in [6.07, 6.45) is -2.55. The van der Waals surface area contributed by atoms with Crippen LogP contribution >= 0.6 is 0 Å². The second kappa shape index (κ2) is 11.8. The van der Waals surface area contributed by atoms with E-state index in [0.717, 1.165) is 51.5 Å². The van der Waals surface area contributed by atoms with Gasteiger partial charge in [0.15, 0.2) is 0 Å². The molecule has 2 aromatic heterocycles. The first-order valence-corrected chi connectivity index (χ1v) is 14.4. The van der Waals surface area contributed by atoms with Crippen molar-refractivity contribution in [1.29, 1.82) is 0 Å². The van der Waals surface area contributed by atoms with Gasteiger partial charge in [0.25, 0.3) is 0 Å². The molecule has 0 bridgehead atoms. The number of rotatable bonds is 7. The van der Waals surface area contributed by atoms with Crippen LogP contribution in [0.25, 0.3) is 32.8 Å². The number of hydrogen-bond acceptors (Lipinski definition) is 4. The third-order valence-electron chi connectivity index (χ3n) is 8.07. The Morgan fingerprint density at radius 1 is 1.00 bits per heavy atom. The molecule has 5 aromatic rings. The van der Waals surface area contributed by atoms with Gasteiger partial charge in [-0.05, 0) is 42.7 Å². The Morgan fingerprint density at radius 3 is 2.62 bits per heavy atom. The van der Waals surface area contributed by atoms with Gasteiger partial charge >= 0.3 is 6.18 Å². The van der Waals surface area contributed by atoms with Crippen LogP contribution in [0, 0.1) is 0 Å². The summed E-state index contributed by atoms with van der Waals surface area (Å²) in [6.45, 7) is 1.62. The molecule has 9 heteroatoms. The summed E-state index contributed by atoms with van der Waals surface area (Å²) in [4.78, 5) is 0. The molecule has 0 amide bonds. The van der Waals surface area contributed by atoms with E-state index in [4.69, 9.17) is 9.47 Å². The van der Waals surface area contributed by atoms with Crippen molar-refractivity contribution in [2.45, 2.75) is 58.0 Å². The van der Waals surface area contributed by atoms with Crippen molar-refractivity contribution in [1.82, 2.24) is 14.3 Å². The molecule has 1 aliphatic heterocycles. The second-order valence-electron chi connectivity index (χ2n) is 10.8. The van der Waals surface area contributed by atoms with E-state index < -0.39 is 12.6 Å². The maximum atomic E-state index is 13.7. The van der Waals surface area contributed by atoms with Crippen molar-refractivity contribution in [3.8, 4) is 16.9 Å². The number of aliphatic hydroxyl groups excluding tert-OH is 1. The Hall–Kier alpha value is -3.82. The summed E-state index contributed by atoms with van der Waals surface area (Å²) < 4.78 is 56.7. The zero-order chi connectivity index (χ0) is 29.3. The Morgan fingerprint density at radius 2 is 1.79 bits per heavy atom. The van der Waals surface area contributed by atoms with Crippen LogP contribution in [0.15, 0.2) is 60.7 Å². The number of para-hydroxylation sites is 1. The molecular weight excluding hydrogens is 543 g/mol. The summed E-state index contributed by atoms with van der Waals surface area (Å²) in [5, 5.41) is 18.0. The van der Waals surface area contributed by atoms with Crippen molar-refractivity contribution in [3.05, 3.63) is 83.3 Å². The quantitative estimate of drug-likeness (QED) is 0.209. The van der Waals surface area contributed by atoms with E-state index in [1.807, 2.05) is 48.5 Å². The van der Waals surface area contributed by atoms with E-state index >= 15 is 0 Å². The highest BCUT2D eigenvalue weighted by Crippen LogP contribution is 2.40. The average Bonchev–Trinajstić information content (AvgIpc) is 3.43. The van der Waals surface area contributed by atoms with Gasteiger partial charge in [0.1, 0.15) is 5.75 Å². The third-order valence-corrected chi connectivity index (χ3v) is 8.07. The van der Waals surface area contributed by atoms with Crippen LogP contribution in [0.5, 0.6) is 5.75 Å². The minimum absolute atomic E-state index is 0.0151. The number of ether oxygens (including phenoxy) is 2. The van der Waals surface area contributed by atoms with Crippen LogP contribution in [0.4, 0.5) is 13.2 Å². The summed E-state index contributed by atoms with van der Waals surface area (Å²) >= 11 is 0. The number of hydrogen-bond donors (Lipinski definition) is 1. The highest BCUT2D eigenvalue weighted by atomic mass is 19.4. The maximum Gasteiger partial charge on any atom is 0.394 e. The number of halogens is 3. The molecule has 0 fully saturated rings. The van der Waals surface area contributed by atoms with Gasteiger partial charge in [-0.25, -0.2) is 0 Å². The Labute approximate surface area is 242 Å². The van der Waals surface area contributed by atoms with Crippen LogP contribution in [-0.4, -0.2) is 38.8 Å². The molecule has 0 saturated carbocycles. The highest BCUT2D eigenvalue weighted by Gasteiger charge is 2.33. The van der Waals surface area contributed by atoms with Crippen LogP contribution in [0.1, 0.15) is 41.9 Å². The van der Waals surface area contributed by atoms with Crippen molar-refractivity contribution in [2.75, 3.05) is 13.2 Å². The topological polar surface area (TPSA) is 61.4 Å². The molecule has 6 rings (SSSR count). The molecule has 0 atom stereocenters. The number of aliphatic hydroxyl groups is 1. The van der Waals surface area contributed by atoms with E-state index in [0.29, 0.717) is 49.4 Å². The van der Waals surface area contributed by atoms with Gasteiger partial charge in [-0.2, -0.15) is 18.3 Å². The average molecular weight is 578 g/mol. The Bertz CT molecular complexity index is 1720. The number of aryl methyl sites for hydroxylation is 3. The standard InChI is InChI=1S/C33H34F3N3O3/c1-38-29-21-41-17-5-4-16-39-28(20-40)24(14-8-18-42-30-15-6-10-22-9-2-3-11-23(22)30)25-12-7-13-26(32(25)39)31(29)27(37-38)19-33(34,35)36/h2-3,6-7,9-13,15,40H,4-5,8,14,16-21H2,1H3. The molecule has 220 valence electrons. The van der Waals surface area contributed by atoms with Gasteiger partial charge in [0.05, 0.1) is 43.1 Å². The molecule has 6 nitrogen and oxygen atoms in total. The predicted octanol–water partition coefficient (Wildman–Crippen LogP) is 7.11. The van der Waals surface area contributed by atoms with Crippen LogP contribution in [0.2, 0.25) is 0 Å². The Balaban J connectivity index is 1.39. The summed E-state index contributed by atoms with van der Waals surface area (Å²) in [6, 6.07) is 19.9. The molecule has 0 spiro atoms. The van der Waals surface area contributed by atoms with Gasteiger partial charge in [-0.15, -0.1) is 0 Å². The lowest BCUT2D eigenvalue weighted by Crippen LogP contribution is -2.13. The fourth-order valence-corrected chi connectivity index (χ4v) is 6.24. The van der Waals surface area contributed by atoms with Crippen LogP contribution in [0.3, 0.4) is 0 Å². The Kier molecular flexibility index (Phi) is 7.96. The molecule has 3 heterocycles. The van der Waals surface area contributed by atoms with Gasteiger partial charge in [-0.3, -0.25) is 4.68 Å². The monoisotopic (exact) mass is 577 g/mol. The normalized spacial score (nSPS) is 14.2. The summed E-state index contributed by atoms with van der Waals surface area (Å²) in [5.41, 5.74) is 4.40. The van der Waals surface area contributed by atoms with E-state index in [2.05, 4.69) is 21.8 Å². The van der Waals surface area contributed by atoms with E-state index in [-0.39, 0.29) is 18.9 Å². The van der Waals surface area contributed by atoms with E-state index in [1.54, 1.807) is 7.05 Å². The SMILES string of the molecule is Cn1nc(CC(F)(F)F)c2c1COCCCCn1c(CO)c(CCCOc3cccc4ccccc34)c3cccc-2c31. The number of aromatic nitrogens is 3. The zero-order valence-electron chi connectivity index (χ0n) is 23.6. The number of benzene rings is 3. The first-order chi connectivity index (χ1) is 20.4. The fraction of sp³-hybridized carbons (Fsp3) is 0.364. The minimum Gasteiger partial charge on any atom is -0.493 e. The largest absolute Gasteiger partial charge is 0.493 e. The van der Waals surface area contributed by atoms with Crippen molar-refractivity contribution >= 4 is 21.7 Å². The molecule has 0 unspecified atom stereocenters. The van der Waals surface area contributed by atoms with Gasteiger partial charge < -0.3 is 19.1 Å². The zero-order valence-corrected chi connectivity index (χ0v) is 23.6. The second-order valence-corrected chi connectivity index (χ2v) is 10.8. The summed E-state index contributed by atoms with van der Waals surface area (Å²) in [5.74, 6) is 0.832. The first kappa shape index (κ1) is 28.3. The minimum atomic E-state index is -4.41. The molecule has 0 saturated heterocycles. The van der Waals surface area contributed by atoms with Crippen molar-refractivity contribution in [2.24, 2.45) is 7.05 Å². The van der Waals surface area contributed by atoms with Gasteiger partial charge in [0.2, 0.25) is 0 Å². The molecular formula is C33H34F3N3O3. The van der Waals surface area contributed by atoms with Crippen LogP contribution < -0.4 is 4.74 Å². The first-order valence-electron chi connectivity index (χ1n) is 14.4. The third kappa shape index (κ3) is 5.51. The lowest BCUT2D eigenvalue weighted by atomic mass is 9.97. The number of alkyl halides is 3. The lowest BCUT2D eigenvalue weighted by Gasteiger charge is -2.13. The molecule has 1 aliphatic rings.